The summed E-state index contributed by atoms with van der Waals surface area (Å²) in [5.74, 6) is 2.17. The van der Waals surface area contributed by atoms with Crippen molar-refractivity contribution in [3.63, 3.8) is 0 Å². The zero-order valence-electron chi connectivity index (χ0n) is 17.3. The second kappa shape index (κ2) is 7.34. The van der Waals surface area contributed by atoms with Crippen LogP contribution in [0.15, 0.2) is 18.5 Å². The molecule has 2 aliphatic heterocycles. The average Bonchev–Trinajstić information content (AvgIpc) is 3.08. The first-order valence-corrected chi connectivity index (χ1v) is 10.8. The first-order chi connectivity index (χ1) is 14.4. The molecule has 0 amide bonds. The van der Waals surface area contributed by atoms with E-state index in [4.69, 9.17) is 4.74 Å². The van der Waals surface area contributed by atoms with E-state index in [0.717, 1.165) is 51.4 Å². The predicted octanol–water partition coefficient (Wildman–Crippen LogP) is 4.12. The van der Waals surface area contributed by atoms with Crippen LogP contribution in [0.3, 0.4) is 0 Å². The van der Waals surface area contributed by atoms with Gasteiger partial charge in [-0.3, -0.25) is 9.88 Å². The number of hydrogen-bond donors (Lipinski definition) is 0. The highest BCUT2D eigenvalue weighted by molar-refractivity contribution is 5.59. The van der Waals surface area contributed by atoms with E-state index in [-0.39, 0.29) is 5.69 Å². The van der Waals surface area contributed by atoms with E-state index in [2.05, 4.69) is 19.4 Å². The lowest BCUT2D eigenvalue weighted by molar-refractivity contribution is -0.138. The van der Waals surface area contributed by atoms with Crippen LogP contribution in [0.5, 0.6) is 0 Å². The Balaban J connectivity index is 1.36. The van der Waals surface area contributed by atoms with Gasteiger partial charge in [-0.15, -0.1) is 0 Å². The first kappa shape index (κ1) is 20.0. The Hall–Kier alpha value is -1.93. The van der Waals surface area contributed by atoms with Crippen molar-refractivity contribution in [3.8, 4) is 11.3 Å². The van der Waals surface area contributed by atoms with E-state index in [1.807, 2.05) is 13.1 Å². The molecule has 4 heterocycles. The number of imidazole rings is 1. The van der Waals surface area contributed by atoms with Crippen molar-refractivity contribution >= 4 is 0 Å². The molecule has 0 aromatic carbocycles. The van der Waals surface area contributed by atoms with E-state index in [1.165, 1.54) is 19.2 Å². The first-order valence-electron chi connectivity index (χ1n) is 10.8. The standard InChI is InChI=1S/C22H27F3N4O/c1-3-20-27-19(14-8-18(22(23,24)25)13(2)26-9-14)12-29(20)21-16-10-28(11-17(16)21)15-4-6-30-7-5-15/h8-9,12,15-17,21H,3-7,10-11H2,1-2H3/t16-,17+,21+. The number of piperidine rings is 1. The highest BCUT2D eigenvalue weighted by Crippen LogP contribution is 2.56. The lowest BCUT2D eigenvalue weighted by atomic mass is 10.1. The zero-order chi connectivity index (χ0) is 21.0. The van der Waals surface area contributed by atoms with E-state index >= 15 is 0 Å². The third-order valence-electron chi connectivity index (χ3n) is 7.02. The number of rotatable bonds is 4. The molecule has 5 rings (SSSR count). The van der Waals surface area contributed by atoms with Crippen molar-refractivity contribution in [1.29, 1.82) is 0 Å². The molecule has 0 bridgehead atoms. The van der Waals surface area contributed by atoms with Crippen LogP contribution in [-0.2, 0) is 17.3 Å². The molecule has 2 saturated heterocycles. The molecular formula is C22H27F3N4O. The number of fused-ring (bicyclic) bond motifs is 1. The van der Waals surface area contributed by atoms with Crippen LogP contribution in [0, 0.1) is 18.8 Å². The van der Waals surface area contributed by atoms with Gasteiger partial charge < -0.3 is 9.30 Å². The molecule has 0 radical (unpaired) electrons. The molecule has 3 fully saturated rings. The molecule has 0 unspecified atom stereocenters. The summed E-state index contributed by atoms with van der Waals surface area (Å²) in [5, 5.41) is 0. The molecule has 1 saturated carbocycles. The summed E-state index contributed by atoms with van der Waals surface area (Å²) in [5.41, 5.74) is 0.307. The molecule has 30 heavy (non-hydrogen) atoms. The number of nitrogens with zero attached hydrogens (tertiary/aromatic N) is 4. The Kier molecular flexibility index (Phi) is 4.89. The van der Waals surface area contributed by atoms with Gasteiger partial charge in [0.05, 0.1) is 11.3 Å². The van der Waals surface area contributed by atoms with Gasteiger partial charge in [0.1, 0.15) is 5.82 Å². The monoisotopic (exact) mass is 420 g/mol. The Morgan fingerprint density at radius 1 is 1.17 bits per heavy atom. The minimum atomic E-state index is -4.41. The molecule has 2 aromatic heterocycles. The van der Waals surface area contributed by atoms with Crippen LogP contribution < -0.4 is 0 Å². The van der Waals surface area contributed by atoms with Crippen molar-refractivity contribution in [3.05, 3.63) is 35.5 Å². The number of aromatic nitrogens is 3. The van der Waals surface area contributed by atoms with Gasteiger partial charge in [-0.2, -0.15) is 13.2 Å². The number of ether oxygens (including phenoxy) is 1. The number of hydrogen-bond acceptors (Lipinski definition) is 4. The third kappa shape index (κ3) is 3.43. The summed E-state index contributed by atoms with van der Waals surface area (Å²) < 4.78 is 47.6. The van der Waals surface area contributed by atoms with Crippen LogP contribution >= 0.6 is 0 Å². The fraction of sp³-hybridized carbons (Fsp3) is 0.636. The van der Waals surface area contributed by atoms with Gasteiger partial charge in [0.25, 0.3) is 0 Å². The van der Waals surface area contributed by atoms with E-state index in [9.17, 15) is 13.2 Å². The topological polar surface area (TPSA) is 43.2 Å². The summed E-state index contributed by atoms with van der Waals surface area (Å²) in [4.78, 5) is 11.3. The third-order valence-corrected chi connectivity index (χ3v) is 7.02. The molecule has 162 valence electrons. The number of halogens is 3. The van der Waals surface area contributed by atoms with Gasteiger partial charge in [0.15, 0.2) is 0 Å². The van der Waals surface area contributed by atoms with E-state index < -0.39 is 11.7 Å². The number of aryl methyl sites for hydroxylation is 2. The summed E-state index contributed by atoms with van der Waals surface area (Å²) in [7, 11) is 0. The highest BCUT2D eigenvalue weighted by atomic mass is 19.4. The van der Waals surface area contributed by atoms with Gasteiger partial charge in [0.2, 0.25) is 0 Å². The fourth-order valence-electron chi connectivity index (χ4n) is 5.34. The molecule has 0 spiro atoms. The van der Waals surface area contributed by atoms with Gasteiger partial charge >= 0.3 is 6.18 Å². The van der Waals surface area contributed by atoms with Crippen LogP contribution in [0.1, 0.15) is 42.9 Å². The fourth-order valence-corrected chi connectivity index (χ4v) is 5.34. The SMILES string of the molecule is CCc1nc(-c2cnc(C)c(C(F)(F)F)c2)cn1[C@H]1[C@@H]2CN(C3CCOCC3)C[C@@H]21. The maximum absolute atomic E-state index is 13.3. The maximum atomic E-state index is 13.3. The summed E-state index contributed by atoms with van der Waals surface area (Å²) in [6.07, 6.45) is 2.00. The Morgan fingerprint density at radius 3 is 2.50 bits per heavy atom. The van der Waals surface area contributed by atoms with Crippen LogP contribution in [0.25, 0.3) is 11.3 Å². The second-order valence-corrected chi connectivity index (χ2v) is 8.77. The number of alkyl halides is 3. The van der Waals surface area contributed by atoms with Crippen LogP contribution in [0.2, 0.25) is 0 Å². The Labute approximate surface area is 174 Å². The van der Waals surface area contributed by atoms with Gasteiger partial charge in [-0.25, -0.2) is 4.98 Å². The molecule has 8 heteroatoms. The second-order valence-electron chi connectivity index (χ2n) is 8.77. The Morgan fingerprint density at radius 2 is 1.87 bits per heavy atom. The molecule has 3 atom stereocenters. The van der Waals surface area contributed by atoms with E-state index in [0.29, 0.717) is 35.2 Å². The average molecular weight is 420 g/mol. The van der Waals surface area contributed by atoms with Crippen molar-refractivity contribution < 1.29 is 17.9 Å². The number of likely N-dealkylation sites (tertiary alicyclic amines) is 1. The molecule has 5 nitrogen and oxygen atoms in total. The van der Waals surface area contributed by atoms with Gasteiger partial charge in [-0.05, 0) is 37.7 Å². The highest BCUT2D eigenvalue weighted by Gasteiger charge is 2.58. The summed E-state index contributed by atoms with van der Waals surface area (Å²) >= 11 is 0. The summed E-state index contributed by atoms with van der Waals surface area (Å²) in [6.45, 7) is 7.34. The summed E-state index contributed by atoms with van der Waals surface area (Å²) in [6, 6.07) is 2.23. The predicted molar refractivity (Wildman–Crippen MR) is 106 cm³/mol. The minimum absolute atomic E-state index is 0.00803. The van der Waals surface area contributed by atoms with Gasteiger partial charge in [0, 0.05) is 68.5 Å². The number of pyridine rings is 1. The largest absolute Gasteiger partial charge is 0.418 e. The molecular weight excluding hydrogens is 393 g/mol. The lowest BCUT2D eigenvalue weighted by Gasteiger charge is -2.32. The maximum Gasteiger partial charge on any atom is 0.418 e. The molecule has 2 aromatic rings. The zero-order valence-corrected chi connectivity index (χ0v) is 17.3. The molecule has 1 aliphatic carbocycles. The molecule has 0 N–H and O–H groups in total. The van der Waals surface area contributed by atoms with Crippen molar-refractivity contribution in [2.45, 2.75) is 51.4 Å². The smallest absolute Gasteiger partial charge is 0.381 e. The van der Waals surface area contributed by atoms with E-state index in [1.54, 1.807) is 0 Å². The van der Waals surface area contributed by atoms with Crippen LogP contribution in [-0.4, -0.2) is 51.8 Å². The molecule has 3 aliphatic rings. The van der Waals surface area contributed by atoms with Crippen molar-refractivity contribution in [2.24, 2.45) is 11.8 Å². The Bertz CT molecular complexity index is 923. The van der Waals surface area contributed by atoms with Gasteiger partial charge in [-0.1, -0.05) is 6.92 Å². The lowest BCUT2D eigenvalue weighted by Crippen LogP contribution is -2.39. The normalized spacial score (nSPS) is 27.4. The quantitative estimate of drug-likeness (QED) is 0.747. The van der Waals surface area contributed by atoms with Crippen molar-refractivity contribution in [2.75, 3.05) is 26.3 Å². The van der Waals surface area contributed by atoms with Crippen LogP contribution in [0.4, 0.5) is 13.2 Å². The minimum Gasteiger partial charge on any atom is -0.381 e. The van der Waals surface area contributed by atoms with Crippen molar-refractivity contribution in [1.82, 2.24) is 19.4 Å².